The lowest BCUT2D eigenvalue weighted by molar-refractivity contribution is -0.149. The second-order valence-corrected chi connectivity index (χ2v) is 6.29. The minimum Gasteiger partial charge on any atom is -0.493 e. The van der Waals surface area contributed by atoms with Crippen LogP contribution in [0.2, 0.25) is 0 Å². The van der Waals surface area contributed by atoms with Gasteiger partial charge in [-0.3, -0.25) is 4.79 Å². The molecule has 0 bridgehead atoms. The maximum absolute atomic E-state index is 12.7. The number of carbonyl (C=O) groups is 2. The zero-order valence-corrected chi connectivity index (χ0v) is 17.9. The summed E-state index contributed by atoms with van der Waals surface area (Å²) in [5, 5.41) is 0. The van der Waals surface area contributed by atoms with Crippen molar-refractivity contribution in [2.45, 2.75) is 20.0 Å². The topological polar surface area (TPSA) is 74.3 Å². The number of amides is 1. The van der Waals surface area contributed by atoms with Gasteiger partial charge < -0.3 is 23.8 Å². The van der Waals surface area contributed by atoms with Gasteiger partial charge in [0.05, 0.1) is 21.3 Å². The fourth-order valence-corrected chi connectivity index (χ4v) is 2.92. The monoisotopic (exact) mass is 413 g/mol. The third kappa shape index (κ3) is 5.53. The lowest BCUT2D eigenvalue weighted by Crippen LogP contribution is -2.39. The van der Waals surface area contributed by atoms with Crippen molar-refractivity contribution in [3.05, 3.63) is 54.1 Å². The summed E-state index contributed by atoms with van der Waals surface area (Å²) < 4.78 is 21.2. The van der Waals surface area contributed by atoms with E-state index in [2.05, 4.69) is 0 Å². The Balaban J connectivity index is 2.09. The van der Waals surface area contributed by atoms with E-state index in [4.69, 9.17) is 18.9 Å². The van der Waals surface area contributed by atoms with Crippen molar-refractivity contribution >= 4 is 23.6 Å². The molecule has 0 saturated carbocycles. The molecule has 0 heterocycles. The Labute approximate surface area is 176 Å². The highest BCUT2D eigenvalue weighted by Gasteiger charge is 2.23. The van der Waals surface area contributed by atoms with Gasteiger partial charge in [-0.05, 0) is 49.8 Å². The summed E-state index contributed by atoms with van der Waals surface area (Å²) in [4.78, 5) is 26.5. The summed E-state index contributed by atoms with van der Waals surface area (Å²) >= 11 is 0. The molecule has 160 valence electrons. The van der Waals surface area contributed by atoms with Crippen LogP contribution in [0.15, 0.2) is 48.5 Å². The van der Waals surface area contributed by atoms with E-state index in [9.17, 15) is 9.59 Å². The summed E-state index contributed by atoms with van der Waals surface area (Å²) in [5.74, 6) is 0.469. The molecule has 0 aromatic heterocycles. The van der Waals surface area contributed by atoms with Crippen LogP contribution < -0.4 is 19.1 Å². The first-order chi connectivity index (χ1) is 14.4. The van der Waals surface area contributed by atoms with Crippen LogP contribution in [0.1, 0.15) is 19.4 Å². The summed E-state index contributed by atoms with van der Waals surface area (Å²) in [7, 11) is 4.54. The number of ether oxygens (including phenoxy) is 4. The predicted molar refractivity (Wildman–Crippen MR) is 115 cm³/mol. The van der Waals surface area contributed by atoms with Gasteiger partial charge in [-0.25, -0.2) is 4.79 Å². The molecule has 1 amide bonds. The Morgan fingerprint density at radius 3 is 2.10 bits per heavy atom. The molecule has 2 aromatic carbocycles. The predicted octanol–water partition coefficient (Wildman–Crippen LogP) is 3.71. The molecule has 0 N–H and O–H groups in total. The number of hydrogen-bond acceptors (Lipinski definition) is 6. The summed E-state index contributed by atoms with van der Waals surface area (Å²) in [6.45, 7) is 3.88. The largest absolute Gasteiger partial charge is 0.493 e. The van der Waals surface area contributed by atoms with Crippen LogP contribution in [0, 0.1) is 0 Å². The van der Waals surface area contributed by atoms with Crippen molar-refractivity contribution in [1.82, 2.24) is 0 Å². The lowest BCUT2D eigenvalue weighted by atomic mass is 10.1. The van der Waals surface area contributed by atoms with Gasteiger partial charge in [0, 0.05) is 18.3 Å². The molecule has 0 aliphatic carbocycles. The van der Waals surface area contributed by atoms with E-state index >= 15 is 0 Å². The minimum absolute atomic E-state index is 0.293. The van der Waals surface area contributed by atoms with Crippen molar-refractivity contribution in [3.8, 4) is 17.2 Å². The number of methoxy groups -OCH3 is 3. The third-order valence-electron chi connectivity index (χ3n) is 4.39. The first-order valence-electron chi connectivity index (χ1n) is 9.50. The van der Waals surface area contributed by atoms with Gasteiger partial charge in [0.1, 0.15) is 0 Å². The summed E-state index contributed by atoms with van der Waals surface area (Å²) in [6, 6.07) is 12.6. The molecule has 0 fully saturated rings. The number of carbonyl (C=O) groups excluding carboxylic acids is 2. The molecule has 1 atom stereocenters. The molecule has 0 saturated heterocycles. The fraction of sp³-hybridized carbons (Fsp3) is 0.304. The summed E-state index contributed by atoms with van der Waals surface area (Å²) in [5.41, 5.74) is 1.40. The Hall–Kier alpha value is -3.48. The average molecular weight is 413 g/mol. The van der Waals surface area contributed by atoms with Gasteiger partial charge in [0.25, 0.3) is 5.91 Å². The normalized spacial score (nSPS) is 11.6. The van der Waals surface area contributed by atoms with Gasteiger partial charge >= 0.3 is 5.97 Å². The molecule has 2 rings (SSSR count). The molecule has 2 aromatic rings. The second kappa shape index (κ2) is 10.9. The zero-order chi connectivity index (χ0) is 22.1. The molecule has 0 aliphatic heterocycles. The van der Waals surface area contributed by atoms with Crippen LogP contribution in [0.25, 0.3) is 6.08 Å². The number of anilines is 1. The first kappa shape index (κ1) is 22.8. The Bertz CT molecular complexity index is 869. The van der Waals surface area contributed by atoms with E-state index < -0.39 is 12.1 Å². The van der Waals surface area contributed by atoms with E-state index in [1.54, 1.807) is 30.0 Å². The smallest absolute Gasteiger partial charge is 0.331 e. The maximum atomic E-state index is 12.7. The van der Waals surface area contributed by atoms with E-state index in [-0.39, 0.29) is 5.91 Å². The van der Waals surface area contributed by atoms with E-state index in [1.165, 1.54) is 27.4 Å². The third-order valence-corrected chi connectivity index (χ3v) is 4.39. The molecule has 0 radical (unpaired) electrons. The first-order valence-corrected chi connectivity index (χ1v) is 9.50. The molecule has 0 unspecified atom stereocenters. The highest BCUT2D eigenvalue weighted by Crippen LogP contribution is 2.38. The average Bonchev–Trinajstić information content (AvgIpc) is 2.77. The number of esters is 1. The number of para-hydroxylation sites is 1. The van der Waals surface area contributed by atoms with Gasteiger partial charge in [-0.1, -0.05) is 18.2 Å². The number of rotatable bonds is 9. The Kier molecular flexibility index (Phi) is 8.29. The molecular formula is C23H27NO6. The number of nitrogens with zero attached hydrogens (tertiary/aromatic N) is 1. The van der Waals surface area contributed by atoms with E-state index in [1.807, 2.05) is 37.3 Å². The van der Waals surface area contributed by atoms with Gasteiger partial charge in [0.15, 0.2) is 17.6 Å². The molecule has 0 aliphatic rings. The number of hydrogen-bond donors (Lipinski definition) is 0. The van der Waals surface area contributed by atoms with Gasteiger partial charge in [-0.15, -0.1) is 0 Å². The Morgan fingerprint density at radius 1 is 1.00 bits per heavy atom. The quantitative estimate of drug-likeness (QED) is 0.461. The highest BCUT2D eigenvalue weighted by atomic mass is 16.5. The van der Waals surface area contributed by atoms with E-state index in [0.29, 0.717) is 29.4 Å². The van der Waals surface area contributed by atoms with Crippen LogP contribution >= 0.6 is 0 Å². The lowest BCUT2D eigenvalue weighted by Gasteiger charge is -2.24. The maximum Gasteiger partial charge on any atom is 0.331 e. The molecule has 7 heteroatoms. The van der Waals surface area contributed by atoms with Crippen LogP contribution in [0.3, 0.4) is 0 Å². The molecular weight excluding hydrogens is 386 g/mol. The molecule has 30 heavy (non-hydrogen) atoms. The van der Waals surface area contributed by atoms with Crippen LogP contribution in [-0.2, 0) is 14.3 Å². The van der Waals surface area contributed by atoms with Crippen molar-refractivity contribution < 1.29 is 28.5 Å². The Morgan fingerprint density at radius 2 is 1.60 bits per heavy atom. The van der Waals surface area contributed by atoms with Crippen LogP contribution in [-0.4, -0.2) is 45.9 Å². The molecule has 7 nitrogen and oxygen atoms in total. The van der Waals surface area contributed by atoms with Crippen LogP contribution in [0.4, 0.5) is 5.69 Å². The second-order valence-electron chi connectivity index (χ2n) is 6.29. The van der Waals surface area contributed by atoms with Crippen molar-refractivity contribution in [3.63, 3.8) is 0 Å². The minimum atomic E-state index is -0.928. The van der Waals surface area contributed by atoms with Crippen LogP contribution in [0.5, 0.6) is 17.2 Å². The molecule has 0 spiro atoms. The zero-order valence-electron chi connectivity index (χ0n) is 17.9. The summed E-state index contributed by atoms with van der Waals surface area (Å²) in [6.07, 6.45) is 1.88. The SMILES string of the molecule is CCN(C(=O)[C@H](C)OC(=O)/C=C/c1cc(OC)c(OC)c(OC)c1)c1ccccc1. The van der Waals surface area contributed by atoms with Gasteiger partial charge in [-0.2, -0.15) is 0 Å². The van der Waals surface area contributed by atoms with Crippen molar-refractivity contribution in [1.29, 1.82) is 0 Å². The fourth-order valence-electron chi connectivity index (χ4n) is 2.92. The standard InChI is InChI=1S/C23H27NO6/c1-6-24(18-10-8-7-9-11-18)23(26)16(2)30-21(25)13-12-17-14-19(27-3)22(29-5)20(15-17)28-4/h7-16H,6H2,1-5H3/b13-12+/t16-/m0/s1. The van der Waals surface area contributed by atoms with Crippen molar-refractivity contribution in [2.75, 3.05) is 32.8 Å². The highest BCUT2D eigenvalue weighted by molar-refractivity contribution is 5.98. The number of benzene rings is 2. The van der Waals surface area contributed by atoms with E-state index in [0.717, 1.165) is 5.69 Å². The van der Waals surface area contributed by atoms with Crippen molar-refractivity contribution in [2.24, 2.45) is 0 Å². The van der Waals surface area contributed by atoms with Gasteiger partial charge in [0.2, 0.25) is 5.75 Å². The number of likely N-dealkylation sites (N-methyl/N-ethyl adjacent to an activating group) is 1.